The summed E-state index contributed by atoms with van der Waals surface area (Å²) in [6.07, 6.45) is 1.81. The highest BCUT2D eigenvalue weighted by molar-refractivity contribution is 5.67. The molecule has 0 aromatic carbocycles. The fraction of sp³-hybridized carbons (Fsp3) is 0.444. The van der Waals surface area contributed by atoms with Crippen LogP contribution in [0.2, 0.25) is 0 Å². The van der Waals surface area contributed by atoms with Gasteiger partial charge < -0.3 is 11.6 Å². The molecule has 2 aromatic heterocycles. The molecule has 0 amide bonds. The zero-order chi connectivity index (χ0) is 12.0. The van der Waals surface area contributed by atoms with Gasteiger partial charge in [0, 0.05) is 0 Å². The molecule has 0 aliphatic carbocycles. The van der Waals surface area contributed by atoms with Gasteiger partial charge in [0.2, 0.25) is 5.52 Å². The van der Waals surface area contributed by atoms with E-state index in [0.717, 1.165) is 4.68 Å². The molecule has 2 heterocycles. The van der Waals surface area contributed by atoms with Crippen LogP contribution in [-0.4, -0.2) is 14.2 Å². The number of nitrogens with two attached hydrogens (primary N) is 2. The molecule has 16 heavy (non-hydrogen) atoms. The SMILES string of the molecule is CC(C)[n+]1cn(C)c2c(=O)n(N)c(N)nc21. The second-order valence-corrected chi connectivity index (χ2v) is 4.04. The fourth-order valence-corrected chi connectivity index (χ4v) is 1.69. The predicted octanol–water partition coefficient (Wildman–Crippen LogP) is -1.10. The molecule has 86 valence electrons. The summed E-state index contributed by atoms with van der Waals surface area (Å²) in [4.78, 5) is 16.0. The zero-order valence-electron chi connectivity index (χ0n) is 9.51. The van der Waals surface area contributed by atoms with Crippen LogP contribution in [0.3, 0.4) is 0 Å². The second-order valence-electron chi connectivity index (χ2n) is 4.04. The van der Waals surface area contributed by atoms with E-state index in [1.165, 1.54) is 0 Å². The molecule has 0 saturated carbocycles. The van der Waals surface area contributed by atoms with Crippen molar-refractivity contribution in [3.63, 3.8) is 0 Å². The first-order valence-corrected chi connectivity index (χ1v) is 4.97. The lowest BCUT2D eigenvalue weighted by Crippen LogP contribution is -2.37. The molecule has 2 rings (SSSR count). The van der Waals surface area contributed by atoms with Gasteiger partial charge in [0.1, 0.15) is 0 Å². The van der Waals surface area contributed by atoms with Crippen molar-refractivity contribution in [2.75, 3.05) is 11.6 Å². The van der Waals surface area contributed by atoms with E-state index in [0.29, 0.717) is 11.2 Å². The van der Waals surface area contributed by atoms with Crippen molar-refractivity contribution in [1.29, 1.82) is 0 Å². The van der Waals surface area contributed by atoms with E-state index in [9.17, 15) is 4.79 Å². The minimum absolute atomic E-state index is 0.0121. The zero-order valence-corrected chi connectivity index (χ0v) is 9.51. The van der Waals surface area contributed by atoms with E-state index in [-0.39, 0.29) is 17.5 Å². The summed E-state index contributed by atoms with van der Waals surface area (Å²) < 4.78 is 4.44. The van der Waals surface area contributed by atoms with Crippen molar-refractivity contribution in [1.82, 2.24) is 14.2 Å². The summed E-state index contributed by atoms with van der Waals surface area (Å²) in [5.41, 5.74) is 6.23. The number of anilines is 1. The monoisotopic (exact) mass is 223 g/mol. The average Bonchev–Trinajstić information content (AvgIpc) is 2.52. The molecule has 7 heteroatoms. The summed E-state index contributed by atoms with van der Waals surface area (Å²) >= 11 is 0. The van der Waals surface area contributed by atoms with Crippen LogP contribution in [0.4, 0.5) is 5.95 Å². The Morgan fingerprint density at radius 1 is 1.50 bits per heavy atom. The van der Waals surface area contributed by atoms with Crippen LogP contribution in [-0.2, 0) is 7.05 Å². The predicted molar refractivity (Wildman–Crippen MR) is 60.1 cm³/mol. The quantitative estimate of drug-likeness (QED) is 0.474. The lowest BCUT2D eigenvalue weighted by Gasteiger charge is -2.01. The van der Waals surface area contributed by atoms with Crippen LogP contribution >= 0.6 is 0 Å². The normalized spacial score (nSPS) is 11.5. The van der Waals surface area contributed by atoms with Crippen LogP contribution in [0.1, 0.15) is 19.9 Å². The molecule has 0 aliphatic heterocycles. The lowest BCUT2D eigenvalue weighted by molar-refractivity contribution is -0.693. The molecule has 0 aliphatic rings. The Hall–Kier alpha value is -2.05. The van der Waals surface area contributed by atoms with Crippen molar-refractivity contribution in [3.8, 4) is 0 Å². The van der Waals surface area contributed by atoms with E-state index >= 15 is 0 Å². The Kier molecular flexibility index (Phi) is 2.11. The van der Waals surface area contributed by atoms with E-state index in [1.54, 1.807) is 11.6 Å². The third-order valence-electron chi connectivity index (χ3n) is 2.55. The van der Waals surface area contributed by atoms with Crippen molar-refractivity contribution in [3.05, 3.63) is 16.7 Å². The molecule has 0 atom stereocenters. The molecule has 4 N–H and O–H groups in total. The molecule has 0 radical (unpaired) electrons. The number of aromatic nitrogens is 4. The number of fused-ring (bicyclic) bond motifs is 1. The van der Waals surface area contributed by atoms with Gasteiger partial charge in [0.25, 0.3) is 5.95 Å². The van der Waals surface area contributed by atoms with Gasteiger partial charge in [-0.3, -0.25) is 9.36 Å². The van der Waals surface area contributed by atoms with Gasteiger partial charge in [-0.1, -0.05) is 4.98 Å². The topological polar surface area (TPSA) is 95.7 Å². The highest BCUT2D eigenvalue weighted by Crippen LogP contribution is 2.06. The largest absolute Gasteiger partial charge is 0.354 e. The summed E-state index contributed by atoms with van der Waals surface area (Å²) in [5, 5.41) is 0. The van der Waals surface area contributed by atoms with Crippen molar-refractivity contribution < 1.29 is 4.57 Å². The Morgan fingerprint density at radius 2 is 2.12 bits per heavy atom. The van der Waals surface area contributed by atoms with Gasteiger partial charge in [-0.15, -0.1) is 0 Å². The maximum atomic E-state index is 11.9. The summed E-state index contributed by atoms with van der Waals surface area (Å²) in [7, 11) is 1.78. The Morgan fingerprint density at radius 3 is 2.69 bits per heavy atom. The molecule has 0 spiro atoms. The van der Waals surface area contributed by atoms with E-state index in [1.807, 2.05) is 24.7 Å². The van der Waals surface area contributed by atoms with E-state index < -0.39 is 0 Å². The number of rotatable bonds is 1. The molecule has 0 saturated heterocycles. The number of aryl methyl sites for hydroxylation is 1. The average molecular weight is 223 g/mol. The van der Waals surface area contributed by atoms with Crippen molar-refractivity contribution in [2.24, 2.45) is 7.05 Å². The molecular weight excluding hydrogens is 208 g/mol. The summed E-state index contributed by atoms with van der Waals surface area (Å²) in [6, 6.07) is 0.198. The van der Waals surface area contributed by atoms with Gasteiger partial charge in [-0.2, -0.15) is 4.68 Å². The van der Waals surface area contributed by atoms with Gasteiger partial charge in [-0.05, 0) is 13.8 Å². The highest BCUT2D eigenvalue weighted by atomic mass is 16.1. The highest BCUT2D eigenvalue weighted by Gasteiger charge is 2.22. The Labute approximate surface area is 91.9 Å². The molecule has 7 nitrogen and oxygen atoms in total. The first-order chi connectivity index (χ1) is 7.43. The van der Waals surface area contributed by atoms with Crippen molar-refractivity contribution in [2.45, 2.75) is 19.9 Å². The molecular formula is C9H15N6O+. The smallest absolute Gasteiger partial charge is 0.319 e. The van der Waals surface area contributed by atoms with Crippen LogP contribution in [0.25, 0.3) is 11.2 Å². The van der Waals surface area contributed by atoms with Crippen LogP contribution in [0, 0.1) is 0 Å². The fourth-order valence-electron chi connectivity index (χ4n) is 1.69. The number of imidazole rings is 1. The van der Waals surface area contributed by atoms with Gasteiger partial charge in [0.15, 0.2) is 6.33 Å². The van der Waals surface area contributed by atoms with E-state index in [4.69, 9.17) is 11.6 Å². The van der Waals surface area contributed by atoms with Crippen molar-refractivity contribution >= 4 is 17.1 Å². The van der Waals surface area contributed by atoms with Crippen LogP contribution in [0.5, 0.6) is 0 Å². The summed E-state index contributed by atoms with van der Waals surface area (Å²) in [5.74, 6) is 5.51. The molecule has 2 aromatic rings. The minimum atomic E-state index is -0.343. The standard InChI is InChI=1S/C9H14N6O/c1-5(2)14-4-13(3)6-7(14)12-9(10)15(11)8(6)16/h4-5H,11H2,1-3H3,(H-,10,12,16)/p+1. The first-order valence-electron chi connectivity index (χ1n) is 4.97. The van der Waals surface area contributed by atoms with Gasteiger partial charge in [0.05, 0.1) is 13.1 Å². The molecule has 0 fully saturated rings. The molecule has 0 bridgehead atoms. The molecule has 0 unspecified atom stereocenters. The summed E-state index contributed by atoms with van der Waals surface area (Å²) in [6.45, 7) is 4.01. The minimum Gasteiger partial charge on any atom is -0.354 e. The lowest BCUT2D eigenvalue weighted by atomic mass is 10.4. The number of hydrogen-bond donors (Lipinski definition) is 2. The van der Waals surface area contributed by atoms with Gasteiger partial charge >= 0.3 is 11.2 Å². The van der Waals surface area contributed by atoms with Gasteiger partial charge in [-0.25, -0.2) is 4.57 Å². The number of nitrogens with zero attached hydrogens (tertiary/aromatic N) is 4. The maximum absolute atomic E-state index is 11.9. The van der Waals surface area contributed by atoms with E-state index in [2.05, 4.69) is 4.98 Å². The third-order valence-corrected chi connectivity index (χ3v) is 2.55. The van der Waals surface area contributed by atoms with Crippen LogP contribution < -0.4 is 21.7 Å². The second kappa shape index (κ2) is 3.22. The van der Waals surface area contributed by atoms with Crippen LogP contribution in [0.15, 0.2) is 11.1 Å². The Bertz CT molecular complexity index is 608. The third kappa shape index (κ3) is 1.24. The maximum Gasteiger partial charge on any atom is 0.319 e. The Balaban J connectivity index is 2.98. The number of hydrogen-bond acceptors (Lipinski definition) is 4. The first kappa shape index (κ1) is 10.5. The number of nitrogen functional groups attached to an aromatic ring is 2.